The molecule has 0 spiro atoms. The molecule has 3 atom stereocenters. The smallest absolute Gasteiger partial charge is 0.240 e. The Hall–Kier alpha value is -1.07. The van der Waals surface area contributed by atoms with Crippen LogP contribution in [0.3, 0.4) is 0 Å². The van der Waals surface area contributed by atoms with Crippen LogP contribution in [0, 0.1) is 25.7 Å². The molecule has 1 aliphatic rings. The van der Waals surface area contributed by atoms with Crippen molar-refractivity contribution in [2.24, 2.45) is 11.8 Å². The van der Waals surface area contributed by atoms with Crippen LogP contribution >= 0.6 is 0 Å². The molecule has 2 rings (SSSR count). The van der Waals surface area contributed by atoms with E-state index in [-0.39, 0.29) is 10.9 Å². The van der Waals surface area contributed by atoms with Gasteiger partial charge in [0.1, 0.15) is 0 Å². The van der Waals surface area contributed by atoms with Gasteiger partial charge in [-0.3, -0.25) is 0 Å². The standard InChI is InChI=1S/C16H26N2O2S/c1-10-5-6-14(7-11(10)2)18-21(19,20)15-8-12(3)13(4)16(17)9-15/h8-11,14,18H,5-7,17H2,1-4H3. The van der Waals surface area contributed by atoms with E-state index >= 15 is 0 Å². The first-order chi connectivity index (χ1) is 9.70. The maximum Gasteiger partial charge on any atom is 0.240 e. The van der Waals surface area contributed by atoms with E-state index in [0.29, 0.717) is 17.5 Å². The molecule has 0 bridgehead atoms. The van der Waals surface area contributed by atoms with Crippen molar-refractivity contribution < 1.29 is 8.42 Å². The van der Waals surface area contributed by atoms with E-state index in [2.05, 4.69) is 18.6 Å². The molecule has 0 amide bonds. The van der Waals surface area contributed by atoms with Crippen LogP contribution in [0.2, 0.25) is 0 Å². The monoisotopic (exact) mass is 310 g/mol. The van der Waals surface area contributed by atoms with Crippen LogP contribution in [-0.2, 0) is 10.0 Å². The molecule has 1 fully saturated rings. The lowest BCUT2D eigenvalue weighted by Crippen LogP contribution is -2.39. The third-order valence-electron chi connectivity index (χ3n) is 4.91. The Morgan fingerprint density at radius 2 is 1.81 bits per heavy atom. The van der Waals surface area contributed by atoms with Crippen LogP contribution in [0.25, 0.3) is 0 Å². The normalized spacial score (nSPS) is 26.8. The summed E-state index contributed by atoms with van der Waals surface area (Å²) in [5.41, 5.74) is 8.27. The highest BCUT2D eigenvalue weighted by Gasteiger charge is 2.28. The second-order valence-electron chi connectivity index (χ2n) is 6.54. The highest BCUT2D eigenvalue weighted by Crippen LogP contribution is 2.30. The lowest BCUT2D eigenvalue weighted by atomic mass is 9.79. The highest BCUT2D eigenvalue weighted by atomic mass is 32.2. The fourth-order valence-corrected chi connectivity index (χ4v) is 4.35. The average Bonchev–Trinajstić information content (AvgIpc) is 2.39. The summed E-state index contributed by atoms with van der Waals surface area (Å²) in [6.45, 7) is 8.21. The first-order valence-electron chi connectivity index (χ1n) is 7.59. The molecule has 1 aliphatic carbocycles. The van der Waals surface area contributed by atoms with Gasteiger partial charge in [0.05, 0.1) is 4.90 Å². The molecule has 3 N–H and O–H groups in total. The van der Waals surface area contributed by atoms with E-state index in [9.17, 15) is 8.42 Å². The summed E-state index contributed by atoms with van der Waals surface area (Å²) in [6, 6.07) is 3.28. The van der Waals surface area contributed by atoms with Crippen LogP contribution in [-0.4, -0.2) is 14.5 Å². The molecule has 1 aromatic carbocycles. The highest BCUT2D eigenvalue weighted by molar-refractivity contribution is 7.89. The average molecular weight is 310 g/mol. The summed E-state index contributed by atoms with van der Waals surface area (Å²) >= 11 is 0. The van der Waals surface area contributed by atoms with Gasteiger partial charge < -0.3 is 5.73 Å². The number of nitrogens with one attached hydrogen (secondary N) is 1. The zero-order chi connectivity index (χ0) is 15.8. The van der Waals surface area contributed by atoms with Crippen molar-refractivity contribution in [1.29, 1.82) is 0 Å². The Morgan fingerprint density at radius 1 is 1.14 bits per heavy atom. The summed E-state index contributed by atoms with van der Waals surface area (Å²) in [4.78, 5) is 0.273. The number of aryl methyl sites for hydroxylation is 1. The number of sulfonamides is 1. The molecule has 21 heavy (non-hydrogen) atoms. The molecule has 3 unspecified atom stereocenters. The van der Waals surface area contributed by atoms with Crippen molar-refractivity contribution in [2.75, 3.05) is 5.73 Å². The van der Waals surface area contributed by atoms with Crippen LogP contribution in [0.4, 0.5) is 5.69 Å². The molecule has 0 heterocycles. The Kier molecular flexibility index (Phi) is 4.63. The minimum Gasteiger partial charge on any atom is -0.398 e. The van der Waals surface area contributed by atoms with Crippen LogP contribution in [0.15, 0.2) is 17.0 Å². The van der Waals surface area contributed by atoms with Crippen molar-refractivity contribution in [2.45, 2.75) is 57.9 Å². The van der Waals surface area contributed by atoms with Gasteiger partial charge in [0, 0.05) is 11.7 Å². The van der Waals surface area contributed by atoms with E-state index < -0.39 is 10.0 Å². The van der Waals surface area contributed by atoms with Gasteiger partial charge in [0.25, 0.3) is 0 Å². The molecule has 4 nitrogen and oxygen atoms in total. The van der Waals surface area contributed by atoms with E-state index in [1.54, 1.807) is 12.1 Å². The Balaban J connectivity index is 2.19. The fraction of sp³-hybridized carbons (Fsp3) is 0.625. The van der Waals surface area contributed by atoms with Crippen LogP contribution in [0.5, 0.6) is 0 Å². The maximum absolute atomic E-state index is 12.5. The summed E-state index contributed by atoms with van der Waals surface area (Å²) in [5, 5.41) is 0. The van der Waals surface area contributed by atoms with Crippen molar-refractivity contribution in [3.63, 3.8) is 0 Å². The minimum atomic E-state index is -3.49. The van der Waals surface area contributed by atoms with E-state index in [1.165, 1.54) is 0 Å². The van der Waals surface area contributed by atoms with Crippen molar-refractivity contribution in [3.8, 4) is 0 Å². The molecule has 118 valence electrons. The SMILES string of the molecule is Cc1cc(S(=O)(=O)NC2CCC(C)C(C)C2)cc(N)c1C. The van der Waals surface area contributed by atoms with Gasteiger partial charge in [-0.25, -0.2) is 13.1 Å². The predicted molar refractivity (Wildman–Crippen MR) is 86.6 cm³/mol. The molecule has 5 heteroatoms. The predicted octanol–water partition coefficient (Wildman–Crippen LogP) is 2.99. The second kappa shape index (κ2) is 5.97. The van der Waals surface area contributed by atoms with Crippen molar-refractivity contribution in [1.82, 2.24) is 4.72 Å². The summed E-state index contributed by atoms with van der Waals surface area (Å²) < 4.78 is 27.9. The third-order valence-corrected chi connectivity index (χ3v) is 6.41. The number of anilines is 1. The zero-order valence-corrected chi connectivity index (χ0v) is 14.1. The van der Waals surface area contributed by atoms with Gasteiger partial charge in [-0.1, -0.05) is 13.8 Å². The molecular weight excluding hydrogens is 284 g/mol. The van der Waals surface area contributed by atoms with Crippen LogP contribution < -0.4 is 10.5 Å². The van der Waals surface area contributed by atoms with Gasteiger partial charge in [0.2, 0.25) is 10.0 Å². The van der Waals surface area contributed by atoms with E-state index in [1.807, 2.05) is 13.8 Å². The lowest BCUT2D eigenvalue weighted by molar-refractivity contribution is 0.242. The van der Waals surface area contributed by atoms with Gasteiger partial charge >= 0.3 is 0 Å². The lowest BCUT2D eigenvalue weighted by Gasteiger charge is -2.32. The van der Waals surface area contributed by atoms with Gasteiger partial charge in [-0.15, -0.1) is 0 Å². The second-order valence-corrected chi connectivity index (χ2v) is 8.25. The first kappa shape index (κ1) is 16.3. The number of nitrogens with two attached hydrogens (primary N) is 1. The zero-order valence-electron chi connectivity index (χ0n) is 13.3. The molecule has 0 aliphatic heterocycles. The van der Waals surface area contributed by atoms with Crippen molar-refractivity contribution >= 4 is 15.7 Å². The summed E-state index contributed by atoms with van der Waals surface area (Å²) in [7, 11) is -3.49. The molecule has 0 aromatic heterocycles. The minimum absolute atomic E-state index is 0.0315. The fourth-order valence-electron chi connectivity index (χ4n) is 2.95. The van der Waals surface area contributed by atoms with E-state index in [0.717, 1.165) is 30.4 Å². The van der Waals surface area contributed by atoms with Gasteiger partial charge in [0.15, 0.2) is 0 Å². The van der Waals surface area contributed by atoms with E-state index in [4.69, 9.17) is 5.73 Å². The Labute approximate surface area is 128 Å². The Morgan fingerprint density at radius 3 is 2.38 bits per heavy atom. The molecular formula is C16H26N2O2S. The topological polar surface area (TPSA) is 72.2 Å². The third kappa shape index (κ3) is 3.58. The number of nitrogen functional groups attached to an aromatic ring is 1. The molecule has 1 saturated carbocycles. The Bertz CT molecular complexity index is 602. The number of hydrogen-bond donors (Lipinski definition) is 2. The molecule has 1 aromatic rings. The summed E-state index contributed by atoms with van der Waals surface area (Å²) in [6.07, 6.45) is 2.88. The number of benzene rings is 1. The van der Waals surface area contributed by atoms with Crippen LogP contribution in [0.1, 0.15) is 44.2 Å². The number of rotatable bonds is 3. The molecule has 0 saturated heterocycles. The van der Waals surface area contributed by atoms with Gasteiger partial charge in [-0.2, -0.15) is 0 Å². The quantitative estimate of drug-likeness (QED) is 0.843. The number of hydrogen-bond acceptors (Lipinski definition) is 3. The maximum atomic E-state index is 12.5. The molecule has 0 radical (unpaired) electrons. The largest absolute Gasteiger partial charge is 0.398 e. The first-order valence-corrected chi connectivity index (χ1v) is 9.08. The van der Waals surface area contributed by atoms with Gasteiger partial charge in [-0.05, 0) is 68.2 Å². The van der Waals surface area contributed by atoms with Crippen molar-refractivity contribution in [3.05, 3.63) is 23.3 Å². The summed E-state index contributed by atoms with van der Waals surface area (Å²) in [5.74, 6) is 1.22.